The molecule has 3 aliphatic rings. The zero-order valence-electron chi connectivity index (χ0n) is 14.9. The van der Waals surface area contributed by atoms with Gasteiger partial charge in [0.25, 0.3) is 5.91 Å². The Hall–Kier alpha value is -3.35. The van der Waals surface area contributed by atoms with Crippen molar-refractivity contribution in [1.82, 2.24) is 15.0 Å². The summed E-state index contributed by atoms with van der Waals surface area (Å²) in [6.07, 6.45) is -0.976. The lowest BCUT2D eigenvalue weighted by Gasteiger charge is -2.42. The quantitative estimate of drug-likeness (QED) is 0.772. The number of rotatable bonds is 2. The number of nitriles is 1. The van der Waals surface area contributed by atoms with E-state index in [2.05, 4.69) is 10.1 Å². The first kappa shape index (κ1) is 17.7. The van der Waals surface area contributed by atoms with Gasteiger partial charge in [0.1, 0.15) is 0 Å². The maximum absolute atomic E-state index is 13.5. The molecular weight excluding hydrogens is 387 g/mol. The summed E-state index contributed by atoms with van der Waals surface area (Å²) in [6, 6.07) is 5.65. The van der Waals surface area contributed by atoms with Crippen LogP contribution in [0.4, 0.5) is 13.2 Å². The van der Waals surface area contributed by atoms with Gasteiger partial charge in [0.05, 0.1) is 60.4 Å². The van der Waals surface area contributed by atoms with Crippen molar-refractivity contribution >= 4 is 12.2 Å². The summed E-state index contributed by atoms with van der Waals surface area (Å²) >= 11 is 0. The van der Waals surface area contributed by atoms with E-state index < -0.39 is 29.3 Å². The third-order valence-corrected chi connectivity index (χ3v) is 5.92. The van der Waals surface area contributed by atoms with Crippen molar-refractivity contribution in [3.8, 4) is 6.07 Å². The lowest BCUT2D eigenvalue weighted by atomic mass is 9.94. The van der Waals surface area contributed by atoms with Crippen molar-refractivity contribution in [3.05, 3.63) is 52.9 Å². The molecule has 4 unspecified atom stereocenters. The smallest absolute Gasteiger partial charge is 0.351 e. The molecule has 0 saturated carbocycles. The second-order valence-corrected chi connectivity index (χ2v) is 7.31. The van der Waals surface area contributed by atoms with E-state index in [0.29, 0.717) is 18.5 Å². The summed E-state index contributed by atoms with van der Waals surface area (Å²) in [5, 5.41) is 12.6. The van der Waals surface area contributed by atoms with E-state index in [1.54, 1.807) is 17.3 Å². The van der Waals surface area contributed by atoms with Crippen molar-refractivity contribution in [3.63, 3.8) is 0 Å². The molecule has 0 aliphatic carbocycles. The fourth-order valence-corrected chi connectivity index (χ4v) is 4.78. The molecule has 148 valence electrons. The second-order valence-electron chi connectivity index (χ2n) is 7.31. The molecule has 2 fully saturated rings. The van der Waals surface area contributed by atoms with Gasteiger partial charge in [-0.2, -0.15) is 18.4 Å². The highest BCUT2D eigenvalue weighted by Gasteiger charge is 2.58. The molecule has 1 amide bonds. The van der Waals surface area contributed by atoms with E-state index in [1.165, 1.54) is 18.3 Å². The Bertz CT molecular complexity index is 1040. The van der Waals surface area contributed by atoms with Crippen LogP contribution in [-0.4, -0.2) is 51.9 Å². The molecule has 4 atom stereocenters. The number of hydrogen-bond donors (Lipinski definition) is 0. The number of carbonyl (C=O) groups excluding carboxylic acids is 1. The van der Waals surface area contributed by atoms with Crippen molar-refractivity contribution in [2.24, 2.45) is 4.99 Å². The van der Waals surface area contributed by atoms with Crippen LogP contribution in [0.15, 0.2) is 40.0 Å². The van der Waals surface area contributed by atoms with Crippen LogP contribution in [0.3, 0.4) is 0 Å². The van der Waals surface area contributed by atoms with E-state index in [9.17, 15) is 18.0 Å². The lowest BCUT2D eigenvalue weighted by molar-refractivity contribution is -0.137. The Morgan fingerprint density at radius 3 is 2.76 bits per heavy atom. The molecule has 0 spiro atoms. The van der Waals surface area contributed by atoms with Crippen molar-refractivity contribution < 1.29 is 22.5 Å². The van der Waals surface area contributed by atoms with Crippen LogP contribution in [0.1, 0.15) is 39.7 Å². The summed E-state index contributed by atoms with van der Waals surface area (Å²) < 4.78 is 45.5. The summed E-state index contributed by atoms with van der Waals surface area (Å²) in [5.41, 5.74) is -1.12. The number of amides is 1. The normalized spacial score (nSPS) is 27.4. The first-order valence-corrected chi connectivity index (χ1v) is 9.02. The molecule has 0 radical (unpaired) electrons. The van der Waals surface area contributed by atoms with Gasteiger partial charge >= 0.3 is 6.18 Å². The van der Waals surface area contributed by atoms with Gasteiger partial charge in [0.15, 0.2) is 0 Å². The number of fused-ring (bicyclic) bond motifs is 5. The molecule has 1 aromatic carbocycles. The summed E-state index contributed by atoms with van der Waals surface area (Å²) in [5.74, 6) is -0.373. The van der Waals surface area contributed by atoms with Gasteiger partial charge in [0.2, 0.25) is 5.76 Å². The van der Waals surface area contributed by atoms with Crippen LogP contribution in [0.25, 0.3) is 0 Å². The number of alkyl halides is 3. The largest absolute Gasteiger partial charge is 0.417 e. The predicted molar refractivity (Wildman–Crippen MR) is 92.8 cm³/mol. The summed E-state index contributed by atoms with van der Waals surface area (Å²) in [4.78, 5) is 21.0. The third-order valence-electron chi connectivity index (χ3n) is 5.92. The molecule has 7 nitrogen and oxygen atoms in total. The average molecular weight is 401 g/mol. The molecule has 29 heavy (non-hydrogen) atoms. The van der Waals surface area contributed by atoms with Crippen LogP contribution >= 0.6 is 0 Å². The number of aromatic nitrogens is 1. The number of piperazine rings is 1. The van der Waals surface area contributed by atoms with Crippen molar-refractivity contribution in [1.29, 1.82) is 5.26 Å². The molecule has 2 aromatic rings. The van der Waals surface area contributed by atoms with Crippen molar-refractivity contribution in [2.45, 2.75) is 36.8 Å². The fourth-order valence-electron chi connectivity index (χ4n) is 4.78. The number of carbonyl (C=O) groups is 1. The van der Waals surface area contributed by atoms with E-state index in [1.807, 2.05) is 4.90 Å². The summed E-state index contributed by atoms with van der Waals surface area (Å²) in [6.45, 7) is 0.537. The number of aliphatic imine (C=N–C) groups is 1. The van der Waals surface area contributed by atoms with Crippen LogP contribution in [0.2, 0.25) is 0 Å². The number of likely N-dealkylation sites (tertiary alicyclic amines) is 1. The number of hydrogen-bond acceptors (Lipinski definition) is 6. The van der Waals surface area contributed by atoms with Gasteiger partial charge in [0, 0.05) is 6.07 Å². The van der Waals surface area contributed by atoms with Gasteiger partial charge in [-0.1, -0.05) is 11.2 Å². The maximum atomic E-state index is 13.5. The molecule has 1 aromatic heterocycles. The van der Waals surface area contributed by atoms with Gasteiger partial charge in [-0.15, -0.1) is 0 Å². The van der Waals surface area contributed by atoms with Crippen LogP contribution in [0.5, 0.6) is 0 Å². The molecule has 3 aliphatic heterocycles. The number of halogens is 3. The zero-order valence-corrected chi connectivity index (χ0v) is 14.9. The van der Waals surface area contributed by atoms with Gasteiger partial charge in [-0.05, 0) is 24.1 Å². The van der Waals surface area contributed by atoms with E-state index in [0.717, 1.165) is 12.1 Å². The van der Waals surface area contributed by atoms with Gasteiger partial charge < -0.3 is 14.3 Å². The molecule has 0 N–H and O–H groups in total. The van der Waals surface area contributed by atoms with E-state index >= 15 is 0 Å². The molecular formula is C19H14F3N5O2. The molecule has 10 heteroatoms. The van der Waals surface area contributed by atoms with Crippen molar-refractivity contribution in [2.75, 3.05) is 6.54 Å². The minimum atomic E-state index is -4.67. The molecule has 5 rings (SSSR count). The highest BCUT2D eigenvalue weighted by Crippen LogP contribution is 2.49. The SMILES string of the molecule is N#Cc1ccc(C2C3CC(C4CN=CN43)N2C(=O)c2ccno2)cc1C(F)(F)F. The fraction of sp³-hybridized carbons (Fsp3) is 0.368. The highest BCUT2D eigenvalue weighted by molar-refractivity contribution is 5.92. The first-order chi connectivity index (χ1) is 13.9. The van der Waals surface area contributed by atoms with E-state index in [4.69, 9.17) is 9.78 Å². The monoisotopic (exact) mass is 401 g/mol. The average Bonchev–Trinajstić information content (AvgIpc) is 3.47. The Balaban J connectivity index is 1.61. The predicted octanol–water partition coefficient (Wildman–Crippen LogP) is 2.62. The molecule has 2 bridgehead atoms. The highest BCUT2D eigenvalue weighted by atomic mass is 19.4. The minimum Gasteiger partial charge on any atom is -0.351 e. The van der Waals surface area contributed by atoms with E-state index in [-0.39, 0.29) is 23.9 Å². The zero-order chi connectivity index (χ0) is 20.3. The lowest BCUT2D eigenvalue weighted by Crippen LogP contribution is -2.54. The van der Waals surface area contributed by atoms with Crippen LogP contribution < -0.4 is 0 Å². The Kier molecular flexibility index (Phi) is 3.71. The Morgan fingerprint density at radius 1 is 1.24 bits per heavy atom. The second kappa shape index (κ2) is 6.07. The standard InChI is InChI=1S/C19H14F3N5O2/c20-19(21,22)12-5-10(1-2-11(12)7-23)17-14-6-13(15-8-24-9-26(14)15)27(17)18(28)16-3-4-25-29-16/h1-5,9,13-15,17H,6,8H2. The maximum Gasteiger partial charge on any atom is 0.417 e. The number of nitrogens with zero attached hydrogens (tertiary/aromatic N) is 5. The third kappa shape index (κ3) is 2.53. The van der Waals surface area contributed by atoms with Gasteiger partial charge in [-0.25, -0.2) is 0 Å². The Labute approximate surface area is 163 Å². The van der Waals surface area contributed by atoms with Crippen LogP contribution in [-0.2, 0) is 6.18 Å². The minimum absolute atomic E-state index is 0.00332. The number of benzene rings is 1. The Morgan fingerprint density at radius 2 is 2.07 bits per heavy atom. The van der Waals surface area contributed by atoms with Gasteiger partial charge in [-0.3, -0.25) is 9.79 Å². The molecule has 2 saturated heterocycles. The van der Waals surface area contributed by atoms with Crippen LogP contribution in [0, 0.1) is 11.3 Å². The molecule has 4 heterocycles. The first-order valence-electron chi connectivity index (χ1n) is 9.02. The topological polar surface area (TPSA) is 85.7 Å². The summed E-state index contributed by atoms with van der Waals surface area (Å²) in [7, 11) is 0.